The van der Waals surface area contributed by atoms with Crippen molar-refractivity contribution in [2.24, 2.45) is 0 Å². The normalized spacial score (nSPS) is 19.5. The molecule has 3 aromatic rings. The largest absolute Gasteiger partial charge is 0.451 e. The summed E-state index contributed by atoms with van der Waals surface area (Å²) in [6.07, 6.45) is 2.26. The van der Waals surface area contributed by atoms with Crippen LogP contribution in [-0.2, 0) is 0 Å². The maximum Gasteiger partial charge on any atom is 0.293 e. The number of aromatic nitrogens is 2. The zero-order valence-electron chi connectivity index (χ0n) is 11.0. The Morgan fingerprint density at radius 2 is 2.20 bits per heavy atom. The van der Waals surface area contributed by atoms with Crippen LogP contribution in [0.15, 0.2) is 39.3 Å². The maximum atomic E-state index is 5.74. The molecule has 0 saturated carbocycles. The SMILES string of the molecule is c1ccc2oc(-c3nc(C4CCCNC4)no3)cc2c1. The van der Waals surface area contributed by atoms with Crippen molar-refractivity contribution in [2.45, 2.75) is 18.8 Å². The minimum absolute atomic E-state index is 0.339. The van der Waals surface area contributed by atoms with E-state index >= 15 is 0 Å². The van der Waals surface area contributed by atoms with Gasteiger partial charge >= 0.3 is 0 Å². The summed E-state index contributed by atoms with van der Waals surface area (Å²) in [6.45, 7) is 1.99. The van der Waals surface area contributed by atoms with E-state index in [1.165, 1.54) is 0 Å². The van der Waals surface area contributed by atoms with Crippen LogP contribution in [0.1, 0.15) is 24.6 Å². The van der Waals surface area contributed by atoms with E-state index < -0.39 is 0 Å². The lowest BCUT2D eigenvalue weighted by atomic mass is 9.99. The second-order valence-corrected chi connectivity index (χ2v) is 5.15. The Morgan fingerprint density at radius 1 is 1.25 bits per heavy atom. The summed E-state index contributed by atoms with van der Waals surface area (Å²) in [4.78, 5) is 4.49. The van der Waals surface area contributed by atoms with Crippen LogP contribution in [0.2, 0.25) is 0 Å². The third kappa shape index (κ3) is 2.00. The Morgan fingerprint density at radius 3 is 3.05 bits per heavy atom. The second-order valence-electron chi connectivity index (χ2n) is 5.15. The van der Waals surface area contributed by atoms with Gasteiger partial charge < -0.3 is 14.3 Å². The summed E-state index contributed by atoms with van der Waals surface area (Å²) in [5.41, 5.74) is 0.835. The second kappa shape index (κ2) is 4.76. The van der Waals surface area contributed by atoms with Gasteiger partial charge in [-0.05, 0) is 31.5 Å². The molecule has 102 valence electrons. The molecule has 5 nitrogen and oxygen atoms in total. The third-order valence-corrected chi connectivity index (χ3v) is 3.74. The van der Waals surface area contributed by atoms with Gasteiger partial charge in [-0.25, -0.2) is 0 Å². The fourth-order valence-electron chi connectivity index (χ4n) is 2.66. The van der Waals surface area contributed by atoms with Crippen molar-refractivity contribution in [3.05, 3.63) is 36.2 Å². The number of hydrogen-bond acceptors (Lipinski definition) is 5. The molecule has 1 aliphatic rings. The molecule has 0 amide bonds. The van der Waals surface area contributed by atoms with E-state index in [4.69, 9.17) is 8.94 Å². The molecule has 0 spiro atoms. The number of para-hydroxylation sites is 1. The van der Waals surface area contributed by atoms with Crippen LogP contribution in [0, 0.1) is 0 Å². The lowest BCUT2D eigenvalue weighted by Gasteiger charge is -2.19. The maximum absolute atomic E-state index is 5.74. The Balaban J connectivity index is 1.66. The fraction of sp³-hybridized carbons (Fsp3) is 0.333. The van der Waals surface area contributed by atoms with Gasteiger partial charge in [0.15, 0.2) is 11.6 Å². The average molecular weight is 269 g/mol. The molecule has 1 saturated heterocycles. The standard InChI is InChI=1S/C15H15N3O2/c1-2-6-12-10(4-1)8-13(19-12)15-17-14(18-20-15)11-5-3-7-16-9-11/h1-2,4,6,8,11,16H,3,5,7,9H2. The van der Waals surface area contributed by atoms with Crippen LogP contribution >= 0.6 is 0 Å². The van der Waals surface area contributed by atoms with Crippen LogP contribution in [0.3, 0.4) is 0 Å². The van der Waals surface area contributed by atoms with Gasteiger partial charge in [0.2, 0.25) is 0 Å². The van der Waals surface area contributed by atoms with Crippen molar-refractivity contribution in [1.82, 2.24) is 15.5 Å². The van der Waals surface area contributed by atoms with Crippen LogP contribution in [0.4, 0.5) is 0 Å². The van der Waals surface area contributed by atoms with Crippen LogP contribution in [-0.4, -0.2) is 23.2 Å². The molecule has 4 rings (SSSR count). The number of benzene rings is 1. The lowest BCUT2D eigenvalue weighted by Crippen LogP contribution is -2.28. The number of furan rings is 1. The molecule has 0 radical (unpaired) electrons. The molecule has 2 aromatic heterocycles. The zero-order valence-corrected chi connectivity index (χ0v) is 11.0. The number of hydrogen-bond donors (Lipinski definition) is 1. The highest BCUT2D eigenvalue weighted by atomic mass is 16.5. The molecule has 1 fully saturated rings. The number of piperidine rings is 1. The number of fused-ring (bicyclic) bond motifs is 1. The summed E-state index contributed by atoms with van der Waals surface area (Å²) in [7, 11) is 0. The van der Waals surface area contributed by atoms with E-state index in [9.17, 15) is 0 Å². The lowest BCUT2D eigenvalue weighted by molar-refractivity contribution is 0.388. The van der Waals surface area contributed by atoms with Crippen LogP contribution in [0.25, 0.3) is 22.6 Å². The smallest absolute Gasteiger partial charge is 0.293 e. The highest BCUT2D eigenvalue weighted by Gasteiger charge is 2.22. The molecule has 1 aliphatic heterocycles. The van der Waals surface area contributed by atoms with E-state index in [1.54, 1.807) is 0 Å². The third-order valence-electron chi connectivity index (χ3n) is 3.74. The minimum Gasteiger partial charge on any atom is -0.451 e. The topological polar surface area (TPSA) is 64.1 Å². The quantitative estimate of drug-likeness (QED) is 0.775. The number of nitrogens with one attached hydrogen (secondary N) is 1. The first-order chi connectivity index (χ1) is 9.90. The van der Waals surface area contributed by atoms with Crippen molar-refractivity contribution in [3.8, 4) is 11.7 Å². The van der Waals surface area contributed by atoms with Gasteiger partial charge in [-0.2, -0.15) is 4.98 Å². The van der Waals surface area contributed by atoms with Crippen molar-refractivity contribution in [3.63, 3.8) is 0 Å². The van der Waals surface area contributed by atoms with Crippen molar-refractivity contribution in [1.29, 1.82) is 0 Å². The molecule has 3 heterocycles. The predicted octanol–water partition coefficient (Wildman–Crippen LogP) is 2.95. The monoisotopic (exact) mass is 269 g/mol. The first-order valence-corrected chi connectivity index (χ1v) is 6.93. The highest BCUT2D eigenvalue weighted by Crippen LogP contribution is 2.28. The Labute approximate surface area is 116 Å². The minimum atomic E-state index is 0.339. The molecule has 0 bridgehead atoms. The van der Waals surface area contributed by atoms with Gasteiger partial charge in [0, 0.05) is 17.8 Å². The molecule has 1 unspecified atom stereocenters. The molecule has 20 heavy (non-hydrogen) atoms. The molecular weight excluding hydrogens is 254 g/mol. The summed E-state index contributed by atoms with van der Waals surface area (Å²) >= 11 is 0. The van der Waals surface area contributed by atoms with Crippen molar-refractivity contribution >= 4 is 11.0 Å². The molecule has 0 aliphatic carbocycles. The molecule has 1 atom stereocenters. The molecule has 1 aromatic carbocycles. The molecular formula is C15H15N3O2. The van der Waals surface area contributed by atoms with Gasteiger partial charge in [0.25, 0.3) is 5.89 Å². The summed E-state index contributed by atoms with van der Waals surface area (Å²) in [5, 5.41) is 8.50. The van der Waals surface area contributed by atoms with Crippen molar-refractivity contribution < 1.29 is 8.94 Å². The summed E-state index contributed by atoms with van der Waals surface area (Å²) in [6, 6.07) is 9.80. The Kier molecular flexibility index (Phi) is 2.77. The van der Waals surface area contributed by atoms with Crippen LogP contribution < -0.4 is 5.32 Å². The van der Waals surface area contributed by atoms with E-state index in [2.05, 4.69) is 15.5 Å². The van der Waals surface area contributed by atoms with Gasteiger partial charge in [-0.3, -0.25) is 0 Å². The van der Waals surface area contributed by atoms with E-state index in [-0.39, 0.29) is 0 Å². The Bertz CT molecular complexity index is 692. The van der Waals surface area contributed by atoms with Gasteiger partial charge in [-0.15, -0.1) is 0 Å². The van der Waals surface area contributed by atoms with Gasteiger partial charge in [0.1, 0.15) is 5.58 Å². The first-order valence-electron chi connectivity index (χ1n) is 6.93. The summed E-state index contributed by atoms with van der Waals surface area (Å²) in [5.74, 6) is 2.20. The zero-order chi connectivity index (χ0) is 13.4. The predicted molar refractivity (Wildman–Crippen MR) is 74.4 cm³/mol. The van der Waals surface area contributed by atoms with E-state index in [0.717, 1.165) is 42.7 Å². The van der Waals surface area contributed by atoms with E-state index in [0.29, 0.717) is 17.6 Å². The van der Waals surface area contributed by atoms with Crippen molar-refractivity contribution in [2.75, 3.05) is 13.1 Å². The van der Waals surface area contributed by atoms with E-state index in [1.807, 2.05) is 30.3 Å². The highest BCUT2D eigenvalue weighted by molar-refractivity contribution is 5.81. The molecule has 5 heteroatoms. The molecule has 1 N–H and O–H groups in total. The number of rotatable bonds is 2. The van der Waals surface area contributed by atoms with Crippen LogP contribution in [0.5, 0.6) is 0 Å². The fourth-order valence-corrected chi connectivity index (χ4v) is 2.66. The average Bonchev–Trinajstić information content (AvgIpc) is 3.14. The Hall–Kier alpha value is -2.14. The number of nitrogens with zero attached hydrogens (tertiary/aromatic N) is 2. The first kappa shape index (κ1) is 11.7. The van der Waals surface area contributed by atoms with Gasteiger partial charge in [0.05, 0.1) is 0 Å². The van der Waals surface area contributed by atoms with Gasteiger partial charge in [-0.1, -0.05) is 23.4 Å². The summed E-state index contributed by atoms with van der Waals surface area (Å²) < 4.78 is 11.1.